The van der Waals surface area contributed by atoms with E-state index in [0.29, 0.717) is 22.9 Å². The van der Waals surface area contributed by atoms with Crippen LogP contribution in [0.15, 0.2) is 52.9 Å². The van der Waals surface area contributed by atoms with Gasteiger partial charge in [-0.1, -0.05) is 24.3 Å². The normalized spacial score (nSPS) is 17.8. The number of sulfonamides is 1. The number of carbonyl (C=O) groups excluding carboxylic acids is 2. The Morgan fingerprint density at radius 3 is 2.25 bits per heavy atom. The molecule has 3 N–H and O–H groups in total. The molecule has 9 nitrogen and oxygen atoms in total. The number of amidine groups is 1. The van der Waals surface area contributed by atoms with Crippen molar-refractivity contribution in [2.45, 2.75) is 44.3 Å². The van der Waals surface area contributed by atoms with Gasteiger partial charge in [-0.3, -0.25) is 14.7 Å². The number of carbonyl (C=O) groups is 2. The molecule has 1 fully saturated rings. The Kier molecular flexibility index (Phi) is 8.77. The minimum Gasteiger partial charge on any atom is -0.351 e. The van der Waals surface area contributed by atoms with Crippen LogP contribution < -0.4 is 16.0 Å². The SMILES string of the molecule is Cc1cc(N(C)C(N)=O)cc(C)c1/C=C/S(=O)(=O)N1CCC2(CC1)N=C(c1cccc(/C=C/C(F)(F)C(F)(F)F)c1)NC2=O. The lowest BCUT2D eigenvalue weighted by Crippen LogP contribution is -2.50. The molecule has 3 amide bonds. The summed E-state index contributed by atoms with van der Waals surface area (Å²) in [6, 6.07) is 8.38. The monoisotopic (exact) mass is 639 g/mol. The molecule has 44 heavy (non-hydrogen) atoms. The number of rotatable bonds is 7. The summed E-state index contributed by atoms with van der Waals surface area (Å²) in [7, 11) is -2.35. The molecule has 4 rings (SSSR count). The first-order chi connectivity index (χ1) is 20.3. The maximum Gasteiger partial charge on any atom is 0.457 e. The molecule has 0 aromatic heterocycles. The van der Waals surface area contributed by atoms with E-state index in [9.17, 15) is 40.0 Å². The number of benzene rings is 2. The van der Waals surface area contributed by atoms with Gasteiger partial charge < -0.3 is 11.1 Å². The van der Waals surface area contributed by atoms with Gasteiger partial charge in [0.25, 0.3) is 5.91 Å². The highest BCUT2D eigenvalue weighted by Crippen LogP contribution is 2.37. The number of allylic oxidation sites excluding steroid dienone is 1. The number of piperidine rings is 1. The topological polar surface area (TPSA) is 125 Å². The number of hydrogen-bond acceptors (Lipinski definition) is 5. The van der Waals surface area contributed by atoms with E-state index in [1.54, 1.807) is 26.0 Å². The quantitative estimate of drug-likeness (QED) is 0.425. The number of aryl methyl sites for hydroxylation is 2. The van der Waals surface area contributed by atoms with Crippen molar-refractivity contribution >= 4 is 45.6 Å². The molecule has 0 aliphatic carbocycles. The highest BCUT2D eigenvalue weighted by Gasteiger charge is 2.55. The number of nitrogens with two attached hydrogens (primary N) is 1. The van der Waals surface area contributed by atoms with Crippen LogP contribution in [0, 0.1) is 13.8 Å². The number of anilines is 1. The van der Waals surface area contributed by atoms with Gasteiger partial charge in [0.1, 0.15) is 11.4 Å². The van der Waals surface area contributed by atoms with E-state index in [1.165, 1.54) is 46.6 Å². The predicted molar refractivity (Wildman–Crippen MR) is 157 cm³/mol. The lowest BCUT2D eigenvalue weighted by atomic mass is 9.89. The molecule has 15 heteroatoms. The molecule has 236 valence electrons. The zero-order valence-electron chi connectivity index (χ0n) is 24.0. The molecule has 0 radical (unpaired) electrons. The van der Waals surface area contributed by atoms with Crippen molar-refractivity contribution in [3.63, 3.8) is 0 Å². The second-order valence-electron chi connectivity index (χ2n) is 10.7. The summed E-state index contributed by atoms with van der Waals surface area (Å²) in [4.78, 5) is 30.3. The van der Waals surface area contributed by atoms with Gasteiger partial charge in [0.15, 0.2) is 0 Å². The third kappa shape index (κ3) is 6.68. The summed E-state index contributed by atoms with van der Waals surface area (Å²) >= 11 is 0. The number of amides is 3. The Balaban J connectivity index is 1.48. The average Bonchev–Trinajstić information content (AvgIpc) is 3.25. The number of nitrogens with one attached hydrogen (secondary N) is 1. The number of urea groups is 1. The van der Waals surface area contributed by atoms with Crippen LogP contribution in [0.2, 0.25) is 0 Å². The number of nitrogens with zero attached hydrogens (tertiary/aromatic N) is 3. The van der Waals surface area contributed by atoms with E-state index < -0.39 is 39.6 Å². The fraction of sp³-hybridized carbons (Fsp3) is 0.345. The van der Waals surface area contributed by atoms with Crippen LogP contribution in [0.4, 0.5) is 32.4 Å². The number of primary amides is 1. The first kappa shape index (κ1) is 32.8. The standard InChI is InChI=1S/C29H30F5N5O4S/c1-18-15-22(38(3)26(35)41)16-19(2)23(18)8-14-44(42,43)39-12-10-27(11-13-39)25(40)36-24(37-27)21-6-4-5-20(17-21)7-9-28(30,31)29(32,33)34/h4-9,14-17H,10-13H2,1-3H3,(H2,35,41)(H,36,37,40)/b9-7+,14-8+. The summed E-state index contributed by atoms with van der Waals surface area (Å²) in [5, 5.41) is 3.72. The second-order valence-corrected chi connectivity index (χ2v) is 12.5. The van der Waals surface area contributed by atoms with Gasteiger partial charge in [0.2, 0.25) is 10.0 Å². The Bertz CT molecular complexity index is 1650. The summed E-state index contributed by atoms with van der Waals surface area (Å²) < 4.78 is 91.6. The Morgan fingerprint density at radius 1 is 1.07 bits per heavy atom. The molecule has 2 heterocycles. The summed E-state index contributed by atoms with van der Waals surface area (Å²) in [5.41, 5.74) is 7.10. The molecule has 1 saturated heterocycles. The lowest BCUT2D eigenvalue weighted by Gasteiger charge is -2.34. The molecular weight excluding hydrogens is 609 g/mol. The van der Waals surface area contributed by atoms with Gasteiger partial charge in [0.05, 0.1) is 0 Å². The van der Waals surface area contributed by atoms with E-state index in [1.807, 2.05) is 0 Å². The summed E-state index contributed by atoms with van der Waals surface area (Å²) in [5.74, 6) is -5.36. The fourth-order valence-electron chi connectivity index (χ4n) is 4.96. The highest BCUT2D eigenvalue weighted by atomic mass is 32.2. The van der Waals surface area contributed by atoms with Crippen LogP contribution in [0.3, 0.4) is 0 Å². The van der Waals surface area contributed by atoms with Gasteiger partial charge in [0, 0.05) is 36.8 Å². The van der Waals surface area contributed by atoms with Crippen molar-refractivity contribution in [2.75, 3.05) is 25.0 Å². The third-order valence-corrected chi connectivity index (χ3v) is 9.18. The molecule has 0 bridgehead atoms. The van der Waals surface area contributed by atoms with Crippen LogP contribution in [0.25, 0.3) is 12.2 Å². The molecule has 0 unspecified atom stereocenters. The molecule has 0 atom stereocenters. The first-order valence-electron chi connectivity index (χ1n) is 13.3. The van der Waals surface area contributed by atoms with E-state index in [-0.39, 0.29) is 43.4 Å². The molecule has 2 aromatic rings. The van der Waals surface area contributed by atoms with Crippen LogP contribution in [0.5, 0.6) is 0 Å². The van der Waals surface area contributed by atoms with Crippen molar-refractivity contribution < 1.29 is 40.0 Å². The minimum atomic E-state index is -5.73. The summed E-state index contributed by atoms with van der Waals surface area (Å²) in [6.45, 7) is 3.54. The molecule has 2 aliphatic heterocycles. The van der Waals surface area contributed by atoms with Crippen LogP contribution in [0.1, 0.15) is 40.7 Å². The highest BCUT2D eigenvalue weighted by molar-refractivity contribution is 7.92. The van der Waals surface area contributed by atoms with Crippen LogP contribution in [-0.4, -0.2) is 68.3 Å². The summed E-state index contributed by atoms with van der Waals surface area (Å²) in [6.07, 6.45) is -3.73. The Hall–Kier alpha value is -4.11. The predicted octanol–water partition coefficient (Wildman–Crippen LogP) is 4.74. The zero-order valence-corrected chi connectivity index (χ0v) is 24.8. The average molecular weight is 640 g/mol. The molecule has 1 spiro atoms. The van der Waals surface area contributed by atoms with Crippen molar-refractivity contribution in [3.8, 4) is 0 Å². The van der Waals surface area contributed by atoms with Crippen LogP contribution in [-0.2, 0) is 14.8 Å². The first-order valence-corrected chi connectivity index (χ1v) is 14.8. The van der Waals surface area contributed by atoms with Crippen molar-refractivity contribution in [2.24, 2.45) is 10.7 Å². The smallest absolute Gasteiger partial charge is 0.351 e. The van der Waals surface area contributed by atoms with Gasteiger partial charge in [-0.25, -0.2) is 13.2 Å². The number of halogens is 5. The van der Waals surface area contributed by atoms with E-state index in [4.69, 9.17) is 5.73 Å². The third-order valence-electron chi connectivity index (χ3n) is 7.62. The maximum atomic E-state index is 13.3. The van der Waals surface area contributed by atoms with Gasteiger partial charge in [-0.2, -0.15) is 26.3 Å². The molecule has 0 saturated carbocycles. The largest absolute Gasteiger partial charge is 0.457 e. The number of aliphatic imine (C=N–C) groups is 1. The Labute approximate surface area is 251 Å². The Morgan fingerprint density at radius 2 is 1.68 bits per heavy atom. The minimum absolute atomic E-state index is 0.00746. The van der Waals surface area contributed by atoms with Crippen molar-refractivity contribution in [3.05, 3.63) is 75.7 Å². The molecule has 2 aliphatic rings. The van der Waals surface area contributed by atoms with Gasteiger partial charge in [-0.15, -0.1) is 0 Å². The van der Waals surface area contributed by atoms with Gasteiger partial charge in [-0.05, 0) is 79.3 Å². The zero-order chi connectivity index (χ0) is 32.7. The second kappa shape index (κ2) is 11.8. The molecular formula is C29H30F5N5O4S. The molecule has 2 aromatic carbocycles. The fourth-order valence-corrected chi connectivity index (χ4v) is 6.14. The van der Waals surface area contributed by atoms with E-state index in [2.05, 4.69) is 10.3 Å². The van der Waals surface area contributed by atoms with Gasteiger partial charge >= 0.3 is 18.1 Å². The number of hydrogen-bond donors (Lipinski definition) is 2. The van der Waals surface area contributed by atoms with E-state index >= 15 is 0 Å². The van der Waals surface area contributed by atoms with Crippen LogP contribution >= 0.6 is 0 Å². The number of alkyl halides is 5. The maximum absolute atomic E-state index is 13.3. The van der Waals surface area contributed by atoms with Crippen molar-refractivity contribution in [1.82, 2.24) is 9.62 Å². The van der Waals surface area contributed by atoms with E-state index in [0.717, 1.165) is 16.5 Å². The lowest BCUT2D eigenvalue weighted by molar-refractivity contribution is -0.258. The van der Waals surface area contributed by atoms with Crippen molar-refractivity contribution in [1.29, 1.82) is 0 Å².